The van der Waals surface area contributed by atoms with Gasteiger partial charge in [0.2, 0.25) is 11.9 Å². The Morgan fingerprint density at radius 2 is 2.00 bits per heavy atom. The van der Waals surface area contributed by atoms with Crippen molar-refractivity contribution in [3.05, 3.63) is 61.1 Å². The number of halogens is 3. The predicted octanol–water partition coefficient (Wildman–Crippen LogP) is 5.00. The van der Waals surface area contributed by atoms with Crippen LogP contribution >= 0.6 is 0 Å². The number of hydrogen-bond acceptors (Lipinski definition) is 8. The first-order chi connectivity index (χ1) is 19.5. The van der Waals surface area contributed by atoms with Gasteiger partial charge in [0.1, 0.15) is 0 Å². The normalized spacial score (nSPS) is 13.2. The number of likely N-dealkylation sites (N-methyl/N-ethyl adjacent to an activating group) is 2. The van der Waals surface area contributed by atoms with E-state index in [0.717, 1.165) is 37.1 Å². The molecule has 0 unspecified atom stereocenters. The molecule has 13 heteroatoms. The van der Waals surface area contributed by atoms with E-state index in [9.17, 15) is 18.0 Å². The maximum atomic E-state index is 13.5. The van der Waals surface area contributed by atoms with E-state index in [4.69, 9.17) is 0 Å². The van der Waals surface area contributed by atoms with Gasteiger partial charge in [-0.1, -0.05) is 18.7 Å². The van der Waals surface area contributed by atoms with Crippen LogP contribution in [0.15, 0.2) is 55.4 Å². The number of anilines is 4. The maximum absolute atomic E-state index is 13.5. The van der Waals surface area contributed by atoms with Gasteiger partial charge in [0.05, 0.1) is 29.0 Å². The zero-order chi connectivity index (χ0) is 29.6. The Labute approximate surface area is 236 Å². The van der Waals surface area contributed by atoms with Crippen LogP contribution in [0.5, 0.6) is 5.75 Å². The Balaban J connectivity index is 1.74. The summed E-state index contributed by atoms with van der Waals surface area (Å²) >= 11 is 0. The van der Waals surface area contributed by atoms with Crippen molar-refractivity contribution in [2.45, 2.75) is 32.2 Å². The molecule has 0 saturated heterocycles. The SMILES string of the molecule is C=C/C=C\C(=O)Nc1cc(Nc2nccc(-c3cnn4c3CCCC4)n2)c(OC(F)(F)F)cc1N(C)CCN(C)C. The number of aromatic nitrogens is 4. The van der Waals surface area contributed by atoms with Crippen molar-refractivity contribution in [1.82, 2.24) is 24.6 Å². The number of allylic oxidation sites excluding steroid dienone is 2. The van der Waals surface area contributed by atoms with Gasteiger partial charge in [-0.15, -0.1) is 13.2 Å². The predicted molar refractivity (Wildman–Crippen MR) is 152 cm³/mol. The second-order valence-corrected chi connectivity index (χ2v) is 9.80. The number of nitrogens with one attached hydrogen (secondary N) is 2. The highest BCUT2D eigenvalue weighted by Gasteiger charge is 2.33. The van der Waals surface area contributed by atoms with Gasteiger partial charge < -0.3 is 25.2 Å². The molecule has 2 aromatic heterocycles. The molecule has 0 radical (unpaired) electrons. The number of alkyl halides is 3. The molecule has 1 aliphatic heterocycles. The summed E-state index contributed by atoms with van der Waals surface area (Å²) in [6.45, 7) is 5.47. The molecule has 0 fully saturated rings. The number of amides is 1. The fourth-order valence-corrected chi connectivity index (χ4v) is 4.42. The van der Waals surface area contributed by atoms with E-state index in [2.05, 4.69) is 37.0 Å². The highest BCUT2D eigenvalue weighted by atomic mass is 19.4. The fraction of sp³-hybridized carbons (Fsp3) is 0.357. The molecule has 3 heterocycles. The van der Waals surface area contributed by atoms with Gasteiger partial charge in [0, 0.05) is 56.3 Å². The summed E-state index contributed by atoms with van der Waals surface area (Å²) in [5.41, 5.74) is 3.02. The molecule has 218 valence electrons. The first-order valence-electron chi connectivity index (χ1n) is 13.1. The van der Waals surface area contributed by atoms with Crippen LogP contribution in [-0.4, -0.2) is 71.2 Å². The van der Waals surface area contributed by atoms with Crippen molar-refractivity contribution < 1.29 is 22.7 Å². The maximum Gasteiger partial charge on any atom is 0.573 e. The third-order valence-electron chi connectivity index (χ3n) is 6.42. The van der Waals surface area contributed by atoms with Gasteiger partial charge in [-0.25, -0.2) is 9.97 Å². The van der Waals surface area contributed by atoms with Crippen LogP contribution in [0.25, 0.3) is 11.3 Å². The number of aryl methyl sites for hydroxylation is 1. The number of benzene rings is 1. The molecule has 10 nitrogen and oxygen atoms in total. The minimum Gasteiger partial charge on any atom is -0.403 e. The van der Waals surface area contributed by atoms with E-state index in [1.165, 1.54) is 36.6 Å². The summed E-state index contributed by atoms with van der Waals surface area (Å²) in [6, 6.07) is 4.33. The topological polar surface area (TPSA) is 100 Å². The van der Waals surface area contributed by atoms with E-state index < -0.39 is 18.0 Å². The number of carbonyl (C=O) groups is 1. The van der Waals surface area contributed by atoms with E-state index in [1.807, 2.05) is 23.7 Å². The summed E-state index contributed by atoms with van der Waals surface area (Å²) in [6.07, 6.45) is 5.42. The molecule has 0 atom stereocenters. The molecule has 0 bridgehead atoms. The van der Waals surface area contributed by atoms with Crippen LogP contribution in [0, 0.1) is 0 Å². The minimum atomic E-state index is -4.96. The molecule has 0 spiro atoms. The summed E-state index contributed by atoms with van der Waals surface area (Å²) in [7, 11) is 5.49. The fourth-order valence-electron chi connectivity index (χ4n) is 4.42. The Kier molecular flexibility index (Phi) is 9.28. The number of rotatable bonds is 11. The number of carbonyl (C=O) groups excluding carboxylic acids is 1. The van der Waals surface area contributed by atoms with Gasteiger partial charge in [0.25, 0.3) is 0 Å². The molecule has 2 N–H and O–H groups in total. The van der Waals surface area contributed by atoms with Crippen molar-refractivity contribution in [3.8, 4) is 17.0 Å². The lowest BCUT2D eigenvalue weighted by Crippen LogP contribution is -2.29. The number of nitrogens with zero attached hydrogens (tertiary/aromatic N) is 6. The van der Waals surface area contributed by atoms with Gasteiger partial charge in [0.15, 0.2) is 5.75 Å². The van der Waals surface area contributed by atoms with Crippen LogP contribution in [0.2, 0.25) is 0 Å². The first kappa shape index (κ1) is 29.6. The van der Waals surface area contributed by atoms with Gasteiger partial charge in [-0.05, 0) is 45.5 Å². The summed E-state index contributed by atoms with van der Waals surface area (Å²) in [5, 5.41) is 10.0. The average Bonchev–Trinajstić information content (AvgIpc) is 3.35. The lowest BCUT2D eigenvalue weighted by atomic mass is 10.0. The Morgan fingerprint density at radius 1 is 1.20 bits per heavy atom. The summed E-state index contributed by atoms with van der Waals surface area (Å²) in [5.74, 6) is -0.921. The van der Waals surface area contributed by atoms with Gasteiger partial charge in [-0.2, -0.15) is 5.10 Å². The molecular weight excluding hydrogens is 537 g/mol. The van der Waals surface area contributed by atoms with Crippen molar-refractivity contribution in [3.63, 3.8) is 0 Å². The number of fused-ring (bicyclic) bond motifs is 1. The second kappa shape index (κ2) is 12.9. The van der Waals surface area contributed by atoms with Crippen LogP contribution in [0.4, 0.5) is 36.2 Å². The molecule has 4 rings (SSSR count). The van der Waals surface area contributed by atoms with Crippen LogP contribution in [0.1, 0.15) is 18.5 Å². The third kappa shape index (κ3) is 7.84. The van der Waals surface area contributed by atoms with Gasteiger partial charge >= 0.3 is 6.36 Å². The van der Waals surface area contributed by atoms with Gasteiger partial charge in [-0.3, -0.25) is 9.48 Å². The molecular formula is C28H33F3N8O2. The average molecular weight is 571 g/mol. The van der Waals surface area contributed by atoms with Crippen molar-refractivity contribution in [2.24, 2.45) is 0 Å². The lowest BCUT2D eigenvalue weighted by Gasteiger charge is -2.26. The molecule has 0 aliphatic carbocycles. The Morgan fingerprint density at radius 3 is 2.73 bits per heavy atom. The molecule has 1 amide bonds. The minimum absolute atomic E-state index is 0.0582. The molecule has 1 aromatic carbocycles. The third-order valence-corrected chi connectivity index (χ3v) is 6.42. The highest BCUT2D eigenvalue weighted by molar-refractivity contribution is 6.02. The summed E-state index contributed by atoms with van der Waals surface area (Å²) in [4.78, 5) is 25.0. The first-order valence-corrected chi connectivity index (χ1v) is 13.1. The zero-order valence-corrected chi connectivity index (χ0v) is 23.2. The van der Waals surface area contributed by atoms with E-state index in [1.54, 1.807) is 24.2 Å². The zero-order valence-electron chi connectivity index (χ0n) is 23.2. The summed E-state index contributed by atoms with van der Waals surface area (Å²) < 4.78 is 46.9. The quantitative estimate of drug-likeness (QED) is 0.246. The molecule has 3 aromatic rings. The monoisotopic (exact) mass is 570 g/mol. The largest absolute Gasteiger partial charge is 0.573 e. The standard InChI is InChI=1S/C28H33F3N8O2/c1-5-6-10-26(40)34-21-16-22(25(41-28(29,30)31)17-24(21)38(4)15-14-37(2)3)36-27-32-12-11-20(35-27)19-18-33-39-13-8-7-9-23(19)39/h5-6,10-12,16-18H,1,7-9,13-15H2,2-4H3,(H,34,40)(H,32,35,36)/b10-6-. The molecule has 1 aliphatic rings. The van der Waals surface area contributed by atoms with Crippen molar-refractivity contribution in [2.75, 3.05) is 49.8 Å². The van der Waals surface area contributed by atoms with Crippen LogP contribution < -0.4 is 20.3 Å². The highest BCUT2D eigenvalue weighted by Crippen LogP contribution is 2.40. The Bertz CT molecular complexity index is 1420. The van der Waals surface area contributed by atoms with Crippen molar-refractivity contribution in [1.29, 1.82) is 0 Å². The number of hydrogen-bond donors (Lipinski definition) is 2. The molecule has 41 heavy (non-hydrogen) atoms. The second-order valence-electron chi connectivity index (χ2n) is 9.80. The Hall–Kier alpha value is -4.39. The molecule has 0 saturated carbocycles. The smallest absolute Gasteiger partial charge is 0.403 e. The number of ether oxygens (including phenoxy) is 1. The van der Waals surface area contributed by atoms with E-state index >= 15 is 0 Å². The van der Waals surface area contributed by atoms with E-state index in [0.29, 0.717) is 24.5 Å². The van der Waals surface area contributed by atoms with Crippen molar-refractivity contribution >= 4 is 28.9 Å². The van der Waals surface area contributed by atoms with Crippen LogP contribution in [-0.2, 0) is 17.8 Å². The van der Waals surface area contributed by atoms with Crippen LogP contribution in [0.3, 0.4) is 0 Å². The lowest BCUT2D eigenvalue weighted by molar-refractivity contribution is -0.274. The van der Waals surface area contributed by atoms with E-state index in [-0.39, 0.29) is 17.3 Å².